The summed E-state index contributed by atoms with van der Waals surface area (Å²) >= 11 is 0. The van der Waals surface area contributed by atoms with E-state index in [9.17, 15) is 0 Å². The summed E-state index contributed by atoms with van der Waals surface area (Å²) in [5.74, 6) is 1.04. The molecule has 1 saturated heterocycles. The van der Waals surface area contributed by atoms with E-state index in [1.165, 1.54) is 44.5 Å². The molecule has 0 aliphatic carbocycles. The van der Waals surface area contributed by atoms with Gasteiger partial charge in [-0.3, -0.25) is 0 Å². The average molecular weight is 219 g/mol. The topological polar surface area (TPSA) is 12.2 Å². The Bertz CT molecular complexity index is 320. The van der Waals surface area contributed by atoms with Crippen molar-refractivity contribution >= 4 is 0 Å². The Hall–Kier alpha value is -1.02. The van der Waals surface area contributed by atoms with Crippen molar-refractivity contribution in [2.45, 2.75) is 26.2 Å². The van der Waals surface area contributed by atoms with Crippen LogP contribution in [0.25, 0.3) is 0 Å². The highest BCUT2D eigenvalue weighted by molar-refractivity contribution is 5.31. The fourth-order valence-corrected chi connectivity index (χ4v) is 1.81. The summed E-state index contributed by atoms with van der Waals surface area (Å²) in [6.45, 7) is 6.87. The summed E-state index contributed by atoms with van der Waals surface area (Å²) in [5.41, 5.74) is 1.23. The first-order valence-corrected chi connectivity index (χ1v) is 6.27. The van der Waals surface area contributed by atoms with Crippen molar-refractivity contribution in [2.24, 2.45) is 0 Å². The molecule has 1 aromatic rings. The number of aryl methyl sites for hydroxylation is 1. The lowest BCUT2D eigenvalue weighted by Crippen LogP contribution is -2.02. The Balaban J connectivity index is 1.55. The third-order valence-corrected chi connectivity index (χ3v) is 3.01. The van der Waals surface area contributed by atoms with Gasteiger partial charge in [0.25, 0.3) is 0 Å². The molecule has 0 atom stereocenters. The smallest absolute Gasteiger partial charge is 0.122 e. The minimum Gasteiger partial charge on any atom is -0.493 e. The molecule has 1 aromatic carbocycles. The number of unbranched alkanes of at least 4 members (excludes halogenated alkanes) is 2. The Kier molecular flexibility index (Phi) is 4.23. The Labute approximate surface area is 98.2 Å². The molecule has 1 aliphatic rings. The third kappa shape index (κ3) is 3.86. The zero-order chi connectivity index (χ0) is 11.2. The third-order valence-electron chi connectivity index (χ3n) is 3.01. The summed E-state index contributed by atoms with van der Waals surface area (Å²) in [5, 5.41) is 0. The molecule has 16 heavy (non-hydrogen) atoms. The van der Waals surface area contributed by atoms with Gasteiger partial charge in [0.15, 0.2) is 0 Å². The molecule has 0 unspecified atom stereocenters. The van der Waals surface area contributed by atoms with E-state index in [1.807, 2.05) is 18.2 Å². The van der Waals surface area contributed by atoms with Crippen LogP contribution < -0.4 is 4.74 Å². The van der Waals surface area contributed by atoms with Crippen LogP contribution in [0, 0.1) is 6.92 Å². The van der Waals surface area contributed by atoms with Crippen molar-refractivity contribution in [1.29, 1.82) is 0 Å². The highest BCUT2D eigenvalue weighted by Crippen LogP contribution is 2.16. The van der Waals surface area contributed by atoms with Crippen LogP contribution >= 0.6 is 0 Å². The second-order valence-electron chi connectivity index (χ2n) is 4.52. The molecule has 0 amide bonds. The Morgan fingerprint density at radius 1 is 1.12 bits per heavy atom. The van der Waals surface area contributed by atoms with Gasteiger partial charge < -0.3 is 9.64 Å². The second-order valence-corrected chi connectivity index (χ2v) is 4.52. The quantitative estimate of drug-likeness (QED) is 0.516. The largest absolute Gasteiger partial charge is 0.493 e. The van der Waals surface area contributed by atoms with Crippen LogP contribution in [0.5, 0.6) is 5.75 Å². The number of ether oxygens (including phenoxy) is 1. The van der Waals surface area contributed by atoms with Crippen molar-refractivity contribution < 1.29 is 4.74 Å². The predicted molar refractivity (Wildman–Crippen MR) is 67.0 cm³/mol. The maximum Gasteiger partial charge on any atom is 0.122 e. The van der Waals surface area contributed by atoms with Crippen LogP contribution in [0.4, 0.5) is 0 Å². The fourth-order valence-electron chi connectivity index (χ4n) is 1.81. The molecule has 0 saturated carbocycles. The van der Waals surface area contributed by atoms with E-state index in [0.29, 0.717) is 0 Å². The molecular formula is C14H21NO. The van der Waals surface area contributed by atoms with Gasteiger partial charge in [-0.1, -0.05) is 18.2 Å². The second kappa shape index (κ2) is 5.90. The molecule has 0 spiro atoms. The van der Waals surface area contributed by atoms with Gasteiger partial charge in [0, 0.05) is 13.1 Å². The van der Waals surface area contributed by atoms with Crippen molar-refractivity contribution in [3.63, 3.8) is 0 Å². The molecule has 2 rings (SSSR count). The molecule has 1 heterocycles. The van der Waals surface area contributed by atoms with Gasteiger partial charge in [0.05, 0.1) is 6.61 Å². The lowest BCUT2D eigenvalue weighted by Gasteiger charge is -2.08. The maximum atomic E-state index is 5.75. The zero-order valence-corrected chi connectivity index (χ0v) is 10.1. The molecule has 0 N–H and O–H groups in total. The standard InChI is InChI=1S/C14H21NO/c1-13-7-3-4-8-14(13)16-12-6-2-5-9-15-10-11-15/h3-4,7-8H,2,5-6,9-12H2,1H3. The summed E-state index contributed by atoms with van der Waals surface area (Å²) in [6, 6.07) is 8.22. The SMILES string of the molecule is Cc1ccccc1OCCCCCN1CC1. The van der Waals surface area contributed by atoms with E-state index in [-0.39, 0.29) is 0 Å². The van der Waals surface area contributed by atoms with Gasteiger partial charge in [-0.2, -0.15) is 0 Å². The van der Waals surface area contributed by atoms with E-state index < -0.39 is 0 Å². The minimum absolute atomic E-state index is 0.852. The van der Waals surface area contributed by atoms with Crippen LogP contribution in [0.3, 0.4) is 0 Å². The van der Waals surface area contributed by atoms with Crippen LogP contribution in [0.1, 0.15) is 24.8 Å². The normalized spacial score (nSPS) is 15.1. The van der Waals surface area contributed by atoms with E-state index in [0.717, 1.165) is 12.4 Å². The van der Waals surface area contributed by atoms with Gasteiger partial charge in [-0.25, -0.2) is 0 Å². The summed E-state index contributed by atoms with van der Waals surface area (Å²) < 4.78 is 5.75. The van der Waals surface area contributed by atoms with Gasteiger partial charge in [0.2, 0.25) is 0 Å². The number of rotatable bonds is 7. The van der Waals surface area contributed by atoms with Gasteiger partial charge in [0.1, 0.15) is 5.75 Å². The zero-order valence-electron chi connectivity index (χ0n) is 10.1. The van der Waals surface area contributed by atoms with Crippen molar-refractivity contribution in [2.75, 3.05) is 26.2 Å². The average Bonchev–Trinajstić information content (AvgIpc) is 3.09. The first-order valence-electron chi connectivity index (χ1n) is 6.27. The van der Waals surface area contributed by atoms with E-state index in [4.69, 9.17) is 4.74 Å². The van der Waals surface area contributed by atoms with Gasteiger partial charge in [-0.05, 0) is 44.4 Å². The molecule has 2 nitrogen and oxygen atoms in total. The molecule has 1 aliphatic heterocycles. The number of hydrogen-bond acceptors (Lipinski definition) is 2. The van der Waals surface area contributed by atoms with Crippen LogP contribution in [-0.2, 0) is 0 Å². The molecule has 2 heteroatoms. The minimum atomic E-state index is 0.852. The van der Waals surface area contributed by atoms with Crippen LogP contribution in [0.2, 0.25) is 0 Å². The van der Waals surface area contributed by atoms with Crippen LogP contribution in [-0.4, -0.2) is 31.1 Å². The molecule has 0 radical (unpaired) electrons. The predicted octanol–water partition coefficient (Wildman–Crippen LogP) is 2.86. The number of para-hydroxylation sites is 1. The molecule has 88 valence electrons. The monoisotopic (exact) mass is 219 g/mol. The summed E-state index contributed by atoms with van der Waals surface area (Å²) in [4.78, 5) is 2.47. The highest BCUT2D eigenvalue weighted by atomic mass is 16.5. The van der Waals surface area contributed by atoms with Gasteiger partial charge in [-0.15, -0.1) is 0 Å². The van der Waals surface area contributed by atoms with E-state index in [1.54, 1.807) is 0 Å². The Morgan fingerprint density at radius 2 is 1.94 bits per heavy atom. The fraction of sp³-hybridized carbons (Fsp3) is 0.571. The molecule has 1 fully saturated rings. The van der Waals surface area contributed by atoms with Crippen molar-refractivity contribution in [3.8, 4) is 5.75 Å². The number of hydrogen-bond donors (Lipinski definition) is 0. The molecule has 0 bridgehead atoms. The molecule has 0 aromatic heterocycles. The van der Waals surface area contributed by atoms with Gasteiger partial charge >= 0.3 is 0 Å². The van der Waals surface area contributed by atoms with E-state index in [2.05, 4.69) is 17.9 Å². The Morgan fingerprint density at radius 3 is 2.69 bits per heavy atom. The van der Waals surface area contributed by atoms with E-state index >= 15 is 0 Å². The summed E-state index contributed by atoms with van der Waals surface area (Å²) in [6.07, 6.45) is 3.77. The number of nitrogens with zero attached hydrogens (tertiary/aromatic N) is 1. The highest BCUT2D eigenvalue weighted by Gasteiger charge is 2.15. The lowest BCUT2D eigenvalue weighted by atomic mass is 10.2. The summed E-state index contributed by atoms with van der Waals surface area (Å²) in [7, 11) is 0. The van der Waals surface area contributed by atoms with Crippen molar-refractivity contribution in [3.05, 3.63) is 29.8 Å². The maximum absolute atomic E-state index is 5.75. The molecular weight excluding hydrogens is 198 g/mol. The van der Waals surface area contributed by atoms with Crippen molar-refractivity contribution in [1.82, 2.24) is 4.90 Å². The number of benzene rings is 1. The first kappa shape index (κ1) is 11.5. The van der Waals surface area contributed by atoms with Crippen LogP contribution in [0.15, 0.2) is 24.3 Å². The first-order chi connectivity index (χ1) is 7.86. The lowest BCUT2D eigenvalue weighted by molar-refractivity contribution is 0.301.